The molecule has 3 aliphatic heterocycles. The van der Waals surface area contributed by atoms with Gasteiger partial charge in [-0.05, 0) is 18.9 Å². The average molecular weight is 843 g/mol. The minimum absolute atomic E-state index is 0.188. The van der Waals surface area contributed by atoms with Gasteiger partial charge in [0.15, 0.2) is 0 Å². The summed E-state index contributed by atoms with van der Waals surface area (Å²) in [5, 5.41) is 24.6. The minimum Gasteiger partial charge on any atom is -0.479 e. The summed E-state index contributed by atoms with van der Waals surface area (Å²) in [6.07, 6.45) is 23.2. The number of nitrogens with one attached hydrogen (secondary N) is 2. The van der Waals surface area contributed by atoms with E-state index in [4.69, 9.17) is 30.5 Å². The molecule has 0 aliphatic carbocycles. The number of aryl methyl sites for hydroxylation is 3. The maximum Gasteiger partial charge on any atom is 0.238 e. The van der Waals surface area contributed by atoms with Gasteiger partial charge in [0.2, 0.25) is 15.9 Å². The Hall–Kier alpha value is -6.14. The number of anilines is 1. The predicted molar refractivity (Wildman–Crippen MR) is 222 cm³/mol. The summed E-state index contributed by atoms with van der Waals surface area (Å²) >= 11 is 0. The van der Waals surface area contributed by atoms with Crippen molar-refractivity contribution in [3.8, 4) is 46.4 Å². The maximum atomic E-state index is 11.7. The molecule has 1 fully saturated rings. The van der Waals surface area contributed by atoms with E-state index in [1.54, 1.807) is 49.6 Å². The Bertz CT molecular complexity index is 2520. The molecule has 0 aromatic carbocycles. The number of aromatic amines is 1. The summed E-state index contributed by atoms with van der Waals surface area (Å²) in [6, 6.07) is 1.67. The fraction of sp³-hybridized carbons (Fsp3) is 0.425. The highest BCUT2D eigenvalue weighted by atomic mass is 32.2. The lowest BCUT2D eigenvalue weighted by Gasteiger charge is -2.12. The molecule has 3 aliphatic rings. The number of hydrogen-bond acceptors (Lipinski definition) is 13. The first-order valence-corrected chi connectivity index (χ1v) is 21.2. The molecule has 0 spiro atoms. The van der Waals surface area contributed by atoms with Crippen molar-refractivity contribution in [1.29, 1.82) is 0 Å². The van der Waals surface area contributed by atoms with Crippen LogP contribution in [0.3, 0.4) is 0 Å². The quantitative estimate of drug-likeness (QED) is 0.231. The van der Waals surface area contributed by atoms with Crippen LogP contribution in [0, 0.1) is 12.3 Å². The SMILES string of the molecule is C#Cc1cnn(C)c1.COc1ncc(-n2nc(-c3cnn(C)c3)c3c2CCOCC3)cc1NS(C)(=O)=O.Cn1cc(-c2n[nH]c3c2CCOCC3)cn1.O=C1CCOCC1. The Kier molecular flexibility index (Phi) is 14.6. The molecule has 2 N–H and O–H groups in total. The maximum absolute atomic E-state index is 11.7. The molecule has 19 nitrogen and oxygen atoms in total. The topological polar surface area (TPSA) is 213 Å². The third kappa shape index (κ3) is 11.5. The summed E-state index contributed by atoms with van der Waals surface area (Å²) in [5.41, 5.74) is 10.2. The molecule has 6 aromatic rings. The third-order valence-electron chi connectivity index (χ3n) is 9.46. The Labute approximate surface area is 348 Å². The number of fused-ring (bicyclic) bond motifs is 2. The molecule has 0 amide bonds. The van der Waals surface area contributed by atoms with Crippen LogP contribution in [0.1, 0.15) is 40.9 Å². The van der Waals surface area contributed by atoms with Crippen molar-refractivity contribution < 1.29 is 32.2 Å². The van der Waals surface area contributed by atoms with Crippen molar-refractivity contribution in [3.05, 3.63) is 77.5 Å². The summed E-state index contributed by atoms with van der Waals surface area (Å²) in [4.78, 5) is 14.6. The molecular weight excluding hydrogens is 793 g/mol. The highest BCUT2D eigenvalue weighted by molar-refractivity contribution is 7.92. The van der Waals surface area contributed by atoms with E-state index in [0.717, 1.165) is 78.1 Å². The number of Topliss-reactive ketones (excluding diaryl/α,β-unsaturated/α-hetero) is 1. The number of terminal acetylenes is 1. The van der Waals surface area contributed by atoms with Crippen molar-refractivity contribution in [2.45, 2.75) is 38.5 Å². The van der Waals surface area contributed by atoms with Gasteiger partial charge in [-0.3, -0.25) is 28.7 Å². The summed E-state index contributed by atoms with van der Waals surface area (Å²) in [7, 11) is 3.55. The van der Waals surface area contributed by atoms with E-state index in [2.05, 4.69) is 41.1 Å². The first kappa shape index (κ1) is 43.4. The predicted octanol–water partition coefficient (Wildman–Crippen LogP) is 2.86. The van der Waals surface area contributed by atoms with Crippen LogP contribution in [0.4, 0.5) is 5.69 Å². The molecule has 318 valence electrons. The number of methoxy groups -OCH3 is 1. The van der Waals surface area contributed by atoms with E-state index in [9.17, 15) is 13.2 Å². The van der Waals surface area contributed by atoms with Crippen molar-refractivity contribution in [2.75, 3.05) is 57.7 Å². The lowest BCUT2D eigenvalue weighted by atomic mass is 10.1. The molecule has 0 bridgehead atoms. The van der Waals surface area contributed by atoms with Gasteiger partial charge in [-0.15, -0.1) is 6.42 Å². The molecule has 9 heterocycles. The number of ether oxygens (including phenoxy) is 4. The lowest BCUT2D eigenvalue weighted by molar-refractivity contribution is -0.124. The number of nitrogens with zero attached hydrogens (tertiary/aromatic N) is 10. The van der Waals surface area contributed by atoms with Crippen LogP contribution >= 0.6 is 0 Å². The van der Waals surface area contributed by atoms with Crippen LogP contribution < -0.4 is 9.46 Å². The summed E-state index contributed by atoms with van der Waals surface area (Å²) in [6.45, 7) is 4.04. The van der Waals surface area contributed by atoms with E-state index in [1.165, 1.54) is 18.4 Å². The fourth-order valence-electron chi connectivity index (χ4n) is 6.64. The Balaban J connectivity index is 0.000000160. The Morgan fingerprint density at radius 3 is 1.90 bits per heavy atom. The van der Waals surface area contributed by atoms with Crippen LogP contribution in [0.25, 0.3) is 28.2 Å². The van der Waals surface area contributed by atoms with Gasteiger partial charge < -0.3 is 18.9 Å². The van der Waals surface area contributed by atoms with E-state index in [0.29, 0.717) is 57.2 Å². The van der Waals surface area contributed by atoms with Crippen LogP contribution in [0.2, 0.25) is 0 Å². The van der Waals surface area contributed by atoms with Gasteiger partial charge in [0.05, 0.1) is 106 Å². The lowest BCUT2D eigenvalue weighted by Crippen LogP contribution is -2.14. The zero-order valence-corrected chi connectivity index (χ0v) is 35.2. The van der Waals surface area contributed by atoms with Gasteiger partial charge in [0, 0.05) is 93.4 Å². The van der Waals surface area contributed by atoms with E-state index >= 15 is 0 Å². The number of ketones is 1. The number of sulfonamides is 1. The Morgan fingerprint density at radius 1 is 0.783 bits per heavy atom. The molecule has 0 unspecified atom stereocenters. The Morgan fingerprint density at radius 2 is 1.37 bits per heavy atom. The van der Waals surface area contributed by atoms with Crippen molar-refractivity contribution in [1.82, 2.24) is 54.3 Å². The van der Waals surface area contributed by atoms with E-state index in [1.807, 2.05) is 39.7 Å². The highest BCUT2D eigenvalue weighted by Crippen LogP contribution is 2.32. The highest BCUT2D eigenvalue weighted by Gasteiger charge is 2.24. The zero-order chi connectivity index (χ0) is 42.6. The smallest absolute Gasteiger partial charge is 0.238 e. The molecule has 9 rings (SSSR count). The first-order chi connectivity index (χ1) is 28.9. The van der Waals surface area contributed by atoms with Crippen LogP contribution in [-0.2, 0) is 75.9 Å². The number of hydrogen-bond donors (Lipinski definition) is 2. The number of H-pyrrole nitrogens is 1. The number of carbonyl (C=O) groups excluding carboxylic acids is 1. The van der Waals surface area contributed by atoms with Crippen LogP contribution in [0.15, 0.2) is 49.4 Å². The van der Waals surface area contributed by atoms with Gasteiger partial charge in [-0.25, -0.2) is 18.1 Å². The average Bonchev–Trinajstić information content (AvgIpc) is 4.05. The second-order valence-corrected chi connectivity index (χ2v) is 15.8. The molecular formula is C40H50N12O7S. The minimum atomic E-state index is -3.50. The van der Waals surface area contributed by atoms with Crippen molar-refractivity contribution in [3.63, 3.8) is 0 Å². The third-order valence-corrected chi connectivity index (χ3v) is 10.1. The van der Waals surface area contributed by atoms with Gasteiger partial charge in [-0.1, -0.05) is 5.92 Å². The molecule has 6 aromatic heterocycles. The monoisotopic (exact) mass is 842 g/mol. The first-order valence-electron chi connectivity index (χ1n) is 19.3. The van der Waals surface area contributed by atoms with Crippen LogP contribution in [0.5, 0.6) is 5.88 Å². The van der Waals surface area contributed by atoms with E-state index < -0.39 is 10.0 Å². The molecule has 60 heavy (non-hydrogen) atoms. The number of pyridine rings is 1. The van der Waals surface area contributed by atoms with Gasteiger partial charge >= 0.3 is 0 Å². The molecule has 0 saturated carbocycles. The summed E-state index contributed by atoms with van der Waals surface area (Å²) in [5.74, 6) is 2.99. The second-order valence-electron chi connectivity index (χ2n) is 14.1. The summed E-state index contributed by atoms with van der Waals surface area (Å²) < 4.78 is 54.2. The normalized spacial score (nSPS) is 14.9. The van der Waals surface area contributed by atoms with Crippen molar-refractivity contribution >= 4 is 21.5 Å². The van der Waals surface area contributed by atoms with Crippen molar-refractivity contribution in [2.24, 2.45) is 21.1 Å². The molecule has 20 heteroatoms. The number of aromatic nitrogens is 11. The van der Waals surface area contributed by atoms with Gasteiger partial charge in [0.25, 0.3) is 0 Å². The zero-order valence-electron chi connectivity index (χ0n) is 34.4. The van der Waals surface area contributed by atoms with Gasteiger partial charge in [0.1, 0.15) is 11.5 Å². The second kappa shape index (κ2) is 20.2. The molecule has 0 radical (unpaired) electrons. The van der Waals surface area contributed by atoms with Gasteiger partial charge in [-0.2, -0.15) is 25.5 Å². The largest absolute Gasteiger partial charge is 0.479 e. The molecule has 0 atom stereocenters. The molecule has 1 saturated heterocycles. The van der Waals surface area contributed by atoms with Crippen LogP contribution in [-0.4, -0.2) is 122 Å². The standard InChI is InChI=1S/C18H22N6O4S.C11H14N4O.C6H6N2.C5H8O2/c1-23-11-12(9-20-23)17-14-4-6-28-7-5-16(14)24(21-17)13-8-15(22-29(3,25)26)18(27-2)19-10-13;1-15-7-8(6-12-15)11-9-2-4-16-5-3-10(9)13-14-11;1-3-6-4-7-8(2)5-6;6-5-1-3-7-4-2-5/h8-11,22H,4-7H2,1-3H3;6-7H,2-5H2,1H3,(H,13,14);1,4-5H,2H3;1-4H2. The number of carbonyl (C=O) groups is 1. The van der Waals surface area contributed by atoms with E-state index in [-0.39, 0.29) is 11.6 Å². The number of rotatable bonds is 6. The fourth-order valence-corrected chi connectivity index (χ4v) is 7.18.